The Hall–Kier alpha value is -0.440. The van der Waals surface area contributed by atoms with Gasteiger partial charge in [0, 0.05) is 13.5 Å². The van der Waals surface area contributed by atoms with Crippen LogP contribution in [0.2, 0.25) is 0 Å². The van der Waals surface area contributed by atoms with E-state index in [2.05, 4.69) is 18.3 Å². The molecule has 0 spiro atoms. The van der Waals surface area contributed by atoms with Crippen molar-refractivity contribution in [3.05, 3.63) is 11.0 Å². The molecule has 1 amide bonds. The molecule has 0 radical (unpaired) electrons. The Labute approximate surface area is 106 Å². The number of nitrogens with one attached hydrogen (secondary N) is 1. The van der Waals surface area contributed by atoms with Crippen LogP contribution < -0.4 is 5.32 Å². The second-order valence-corrected chi connectivity index (χ2v) is 3.81. The van der Waals surface area contributed by atoms with Gasteiger partial charge in [0.1, 0.15) is 0 Å². The lowest BCUT2D eigenvalue weighted by Gasteiger charge is -2.04. The van der Waals surface area contributed by atoms with Crippen molar-refractivity contribution in [2.24, 2.45) is 0 Å². The zero-order valence-electron chi connectivity index (χ0n) is 12.0. The van der Waals surface area contributed by atoms with E-state index < -0.39 is 0 Å². The number of carbonyl (C=O) groups excluding carboxylic acids is 1. The first-order valence-corrected chi connectivity index (χ1v) is 7.21. The van der Waals surface area contributed by atoms with Gasteiger partial charge in [-0.2, -0.15) is 0 Å². The molecule has 3 heteroatoms. The summed E-state index contributed by atoms with van der Waals surface area (Å²) in [4.78, 5) is 11.9. The number of hydrogen-bond donors (Lipinski definition) is 1. The second kappa shape index (κ2) is 20.0. The molecule has 0 heterocycles. The fraction of sp³-hybridized carbons (Fsp3) is 0.769. The van der Waals surface area contributed by atoms with E-state index >= 15 is 0 Å². The molecule has 0 aromatic carbocycles. The fourth-order valence-electron chi connectivity index (χ4n) is 0.847. The molecule has 0 unspecified atom stereocenters. The molecule has 16 heavy (non-hydrogen) atoms. The van der Waals surface area contributed by atoms with Gasteiger partial charge in [-0.1, -0.05) is 40.7 Å². The summed E-state index contributed by atoms with van der Waals surface area (Å²) in [5, 5.41) is 2.78. The topological polar surface area (TPSA) is 29.1 Å². The number of carbonyl (C=O) groups is 1. The summed E-state index contributed by atoms with van der Waals surface area (Å²) in [7, 11) is 0. The molecule has 0 rings (SSSR count). The molecular weight excluding hydrogens is 218 g/mol. The lowest BCUT2D eigenvalue weighted by Crippen LogP contribution is -2.20. The maximum Gasteiger partial charge on any atom is 0.216 e. The van der Waals surface area contributed by atoms with E-state index in [0.717, 1.165) is 18.7 Å². The maximum absolute atomic E-state index is 10.5. The highest BCUT2D eigenvalue weighted by atomic mass is 32.2. The van der Waals surface area contributed by atoms with Crippen molar-refractivity contribution in [3.8, 4) is 0 Å². The quantitative estimate of drug-likeness (QED) is 0.788. The van der Waals surface area contributed by atoms with Gasteiger partial charge in [-0.25, -0.2) is 0 Å². The Kier molecular flexibility index (Phi) is 26.2. The summed E-state index contributed by atoms with van der Waals surface area (Å²) in [5.74, 6) is 1.15. The molecule has 2 nitrogen and oxygen atoms in total. The molecule has 98 valence electrons. The zero-order chi connectivity index (χ0) is 13.4. The van der Waals surface area contributed by atoms with Crippen molar-refractivity contribution in [2.45, 2.75) is 54.9 Å². The van der Waals surface area contributed by atoms with Gasteiger partial charge in [-0.3, -0.25) is 4.79 Å². The second-order valence-electron chi connectivity index (χ2n) is 2.42. The SMILES string of the molecule is C/C=C(/CCNC(C)=O)SCC.CC.CC. The van der Waals surface area contributed by atoms with Crippen LogP contribution in [0.4, 0.5) is 0 Å². The monoisotopic (exact) mass is 247 g/mol. The van der Waals surface area contributed by atoms with Crippen molar-refractivity contribution >= 4 is 17.7 Å². The Bertz CT molecular complexity index is 167. The van der Waals surface area contributed by atoms with E-state index in [1.807, 2.05) is 46.4 Å². The van der Waals surface area contributed by atoms with E-state index in [-0.39, 0.29) is 5.91 Å². The molecule has 0 aliphatic heterocycles. The lowest BCUT2D eigenvalue weighted by molar-refractivity contribution is -0.118. The fourth-order valence-corrected chi connectivity index (χ4v) is 1.63. The summed E-state index contributed by atoms with van der Waals surface area (Å²) in [6, 6.07) is 0. The Balaban J connectivity index is -0.000000376. The number of hydrogen-bond acceptors (Lipinski definition) is 2. The predicted octanol–water partition coefficient (Wildman–Crippen LogP) is 4.22. The Morgan fingerprint density at radius 3 is 2.06 bits per heavy atom. The first-order chi connectivity index (χ1) is 7.70. The van der Waals surface area contributed by atoms with Crippen molar-refractivity contribution in [3.63, 3.8) is 0 Å². The summed E-state index contributed by atoms with van der Waals surface area (Å²) in [6.45, 7) is 14.5. The first kappa shape index (κ1) is 20.9. The molecule has 0 fully saturated rings. The van der Waals surface area contributed by atoms with E-state index in [9.17, 15) is 4.79 Å². The highest BCUT2D eigenvalue weighted by Gasteiger charge is 1.96. The Morgan fingerprint density at radius 2 is 1.75 bits per heavy atom. The third kappa shape index (κ3) is 19.2. The van der Waals surface area contributed by atoms with Crippen LogP contribution in [-0.2, 0) is 4.79 Å². The van der Waals surface area contributed by atoms with E-state index in [1.165, 1.54) is 4.91 Å². The minimum Gasteiger partial charge on any atom is -0.356 e. The van der Waals surface area contributed by atoms with Crippen LogP contribution in [0.1, 0.15) is 54.9 Å². The molecule has 1 N–H and O–H groups in total. The molecule has 0 atom stereocenters. The van der Waals surface area contributed by atoms with Crippen LogP contribution in [-0.4, -0.2) is 18.2 Å². The number of rotatable bonds is 5. The summed E-state index contributed by atoms with van der Waals surface area (Å²) < 4.78 is 0. The normalized spacial score (nSPS) is 9.31. The van der Waals surface area contributed by atoms with Gasteiger partial charge < -0.3 is 5.32 Å². The third-order valence-electron chi connectivity index (χ3n) is 1.40. The largest absolute Gasteiger partial charge is 0.356 e. The van der Waals surface area contributed by atoms with Crippen LogP contribution in [0, 0.1) is 0 Å². The first-order valence-electron chi connectivity index (χ1n) is 6.23. The average molecular weight is 247 g/mol. The zero-order valence-corrected chi connectivity index (χ0v) is 12.8. The van der Waals surface area contributed by atoms with Crippen LogP contribution >= 0.6 is 11.8 Å². The standard InChI is InChI=1S/C9H17NOS.2C2H6/c1-4-9(12-5-2)6-7-10-8(3)11;2*1-2/h4H,5-7H2,1-3H3,(H,10,11);2*1-2H3/b9-4-;;. The molecule has 0 aliphatic rings. The van der Waals surface area contributed by atoms with Crippen LogP contribution in [0.15, 0.2) is 11.0 Å². The van der Waals surface area contributed by atoms with Crippen molar-refractivity contribution in [1.82, 2.24) is 5.32 Å². The van der Waals surface area contributed by atoms with Gasteiger partial charge in [0.05, 0.1) is 0 Å². The summed E-state index contributed by atoms with van der Waals surface area (Å²) in [6.07, 6.45) is 3.06. The molecule has 0 saturated carbocycles. The third-order valence-corrected chi connectivity index (χ3v) is 2.50. The average Bonchev–Trinajstić information content (AvgIpc) is 2.33. The van der Waals surface area contributed by atoms with Gasteiger partial charge in [0.2, 0.25) is 5.91 Å². The number of thioether (sulfide) groups is 1. The van der Waals surface area contributed by atoms with E-state index in [4.69, 9.17) is 0 Å². The number of allylic oxidation sites excluding steroid dienone is 1. The van der Waals surface area contributed by atoms with Crippen LogP contribution in [0.5, 0.6) is 0 Å². The van der Waals surface area contributed by atoms with Crippen molar-refractivity contribution < 1.29 is 4.79 Å². The molecule has 0 aromatic rings. The lowest BCUT2D eigenvalue weighted by atomic mass is 10.4. The van der Waals surface area contributed by atoms with Crippen molar-refractivity contribution in [1.29, 1.82) is 0 Å². The smallest absolute Gasteiger partial charge is 0.216 e. The van der Waals surface area contributed by atoms with E-state index in [1.54, 1.807) is 6.92 Å². The summed E-state index contributed by atoms with van der Waals surface area (Å²) in [5.41, 5.74) is 0. The van der Waals surface area contributed by atoms with Gasteiger partial charge in [-0.15, -0.1) is 11.8 Å². The van der Waals surface area contributed by atoms with Gasteiger partial charge in [0.15, 0.2) is 0 Å². The predicted molar refractivity (Wildman–Crippen MR) is 77.9 cm³/mol. The molecular formula is C13H29NOS. The Morgan fingerprint density at radius 1 is 1.25 bits per heavy atom. The van der Waals surface area contributed by atoms with Crippen LogP contribution in [0.25, 0.3) is 0 Å². The maximum atomic E-state index is 10.5. The van der Waals surface area contributed by atoms with E-state index in [0.29, 0.717) is 0 Å². The highest BCUT2D eigenvalue weighted by Crippen LogP contribution is 2.17. The molecule has 0 saturated heterocycles. The molecule has 0 aliphatic carbocycles. The highest BCUT2D eigenvalue weighted by molar-refractivity contribution is 8.03. The minimum absolute atomic E-state index is 0.0481. The van der Waals surface area contributed by atoms with Gasteiger partial charge in [0.25, 0.3) is 0 Å². The molecule has 0 aromatic heterocycles. The van der Waals surface area contributed by atoms with Crippen LogP contribution in [0.3, 0.4) is 0 Å². The van der Waals surface area contributed by atoms with Gasteiger partial charge in [-0.05, 0) is 24.0 Å². The van der Waals surface area contributed by atoms with Gasteiger partial charge >= 0.3 is 0 Å². The molecule has 0 bridgehead atoms. The van der Waals surface area contributed by atoms with Crippen molar-refractivity contribution in [2.75, 3.05) is 12.3 Å². The summed E-state index contributed by atoms with van der Waals surface area (Å²) >= 11 is 1.84. The number of amides is 1. The minimum atomic E-state index is 0.0481.